The minimum Gasteiger partial charge on any atom is -0.383 e. The number of rotatable bonds is 8. The van der Waals surface area contributed by atoms with E-state index in [1.54, 1.807) is 14.0 Å². The minimum absolute atomic E-state index is 0.0174. The quantitative estimate of drug-likeness (QED) is 0.492. The molecule has 116 valence electrons. The van der Waals surface area contributed by atoms with Crippen LogP contribution in [0.25, 0.3) is 0 Å². The molecule has 0 aliphatic carbocycles. The first kappa shape index (κ1) is 16.9. The van der Waals surface area contributed by atoms with Crippen molar-refractivity contribution in [3.8, 4) is 0 Å². The molecule has 0 aromatic heterocycles. The van der Waals surface area contributed by atoms with Crippen LogP contribution in [0.2, 0.25) is 0 Å². The van der Waals surface area contributed by atoms with Gasteiger partial charge >= 0.3 is 0 Å². The summed E-state index contributed by atoms with van der Waals surface area (Å²) in [6.07, 6.45) is 0. The van der Waals surface area contributed by atoms with Gasteiger partial charge in [0, 0.05) is 19.7 Å². The largest absolute Gasteiger partial charge is 0.383 e. The van der Waals surface area contributed by atoms with Crippen LogP contribution in [0, 0.1) is 5.92 Å². The average Bonchev–Trinajstić information content (AvgIpc) is 2.87. The standard InChI is InChI=1S/C13H25N3O4/c1-4-14-11-8-20-7-10(11)13(18)16-9(2)12(17)15-5-6-19-3/h9-11,14H,4-8H2,1-3H3,(H,15,17)(H,16,18). The van der Waals surface area contributed by atoms with E-state index < -0.39 is 6.04 Å². The second kappa shape index (κ2) is 8.89. The first-order chi connectivity index (χ1) is 9.60. The summed E-state index contributed by atoms with van der Waals surface area (Å²) in [7, 11) is 1.57. The lowest BCUT2D eigenvalue weighted by atomic mass is 10.0. The highest BCUT2D eigenvalue weighted by Gasteiger charge is 2.34. The average molecular weight is 287 g/mol. The summed E-state index contributed by atoms with van der Waals surface area (Å²) >= 11 is 0. The Morgan fingerprint density at radius 3 is 2.80 bits per heavy atom. The number of hydrogen-bond donors (Lipinski definition) is 3. The highest BCUT2D eigenvalue weighted by Crippen LogP contribution is 2.14. The van der Waals surface area contributed by atoms with E-state index in [1.807, 2.05) is 6.92 Å². The molecule has 3 unspecified atom stereocenters. The molecule has 20 heavy (non-hydrogen) atoms. The lowest BCUT2D eigenvalue weighted by Gasteiger charge is -2.20. The maximum atomic E-state index is 12.1. The molecular formula is C13H25N3O4. The van der Waals surface area contributed by atoms with E-state index >= 15 is 0 Å². The van der Waals surface area contributed by atoms with E-state index in [1.165, 1.54) is 0 Å². The predicted molar refractivity (Wildman–Crippen MR) is 74.3 cm³/mol. The summed E-state index contributed by atoms with van der Waals surface area (Å²) in [6, 6.07) is -0.550. The molecule has 7 heteroatoms. The van der Waals surface area contributed by atoms with E-state index in [0.717, 1.165) is 6.54 Å². The summed E-state index contributed by atoms with van der Waals surface area (Å²) in [5.74, 6) is -0.610. The van der Waals surface area contributed by atoms with Crippen LogP contribution in [0.1, 0.15) is 13.8 Å². The maximum absolute atomic E-state index is 12.1. The van der Waals surface area contributed by atoms with Crippen molar-refractivity contribution in [1.29, 1.82) is 0 Å². The zero-order valence-electron chi connectivity index (χ0n) is 12.4. The van der Waals surface area contributed by atoms with Gasteiger partial charge in [-0.3, -0.25) is 9.59 Å². The van der Waals surface area contributed by atoms with Gasteiger partial charge in [-0.25, -0.2) is 0 Å². The Bertz CT molecular complexity index is 325. The molecule has 1 aliphatic rings. The maximum Gasteiger partial charge on any atom is 0.242 e. The number of likely N-dealkylation sites (N-methyl/N-ethyl adjacent to an activating group) is 1. The van der Waals surface area contributed by atoms with Crippen LogP contribution in [0.5, 0.6) is 0 Å². The van der Waals surface area contributed by atoms with Crippen LogP contribution in [0.4, 0.5) is 0 Å². The SMILES string of the molecule is CCNC1COCC1C(=O)NC(C)C(=O)NCCOC. The van der Waals surface area contributed by atoms with Gasteiger partial charge in [0.15, 0.2) is 0 Å². The van der Waals surface area contributed by atoms with Crippen LogP contribution in [-0.4, -0.2) is 63.9 Å². The van der Waals surface area contributed by atoms with Gasteiger partial charge in [-0.15, -0.1) is 0 Å². The fourth-order valence-electron chi connectivity index (χ4n) is 2.09. The molecule has 0 bridgehead atoms. The second-order valence-corrected chi connectivity index (χ2v) is 4.82. The van der Waals surface area contributed by atoms with Gasteiger partial charge in [0.25, 0.3) is 0 Å². The molecule has 1 fully saturated rings. The third-order valence-corrected chi connectivity index (χ3v) is 3.24. The van der Waals surface area contributed by atoms with Gasteiger partial charge in [0.05, 0.1) is 25.7 Å². The molecule has 0 saturated carbocycles. The molecule has 0 radical (unpaired) electrons. The van der Waals surface area contributed by atoms with E-state index in [9.17, 15) is 9.59 Å². The van der Waals surface area contributed by atoms with Crippen molar-refractivity contribution in [2.75, 3.05) is 40.0 Å². The lowest BCUT2D eigenvalue weighted by Crippen LogP contribution is -2.50. The first-order valence-corrected chi connectivity index (χ1v) is 6.98. The Kier molecular flexibility index (Phi) is 7.50. The number of ether oxygens (including phenoxy) is 2. The fraction of sp³-hybridized carbons (Fsp3) is 0.846. The summed E-state index contributed by atoms with van der Waals surface area (Å²) in [4.78, 5) is 23.9. The molecule has 1 aliphatic heterocycles. The Morgan fingerprint density at radius 1 is 1.40 bits per heavy atom. The highest BCUT2D eigenvalue weighted by molar-refractivity contribution is 5.88. The Labute approximate surface area is 119 Å². The predicted octanol–water partition coefficient (Wildman–Crippen LogP) is -1.12. The number of methoxy groups -OCH3 is 1. The van der Waals surface area contributed by atoms with Crippen molar-refractivity contribution in [3.63, 3.8) is 0 Å². The van der Waals surface area contributed by atoms with E-state index in [0.29, 0.717) is 26.4 Å². The summed E-state index contributed by atoms with van der Waals surface area (Å²) in [6.45, 7) is 6.23. The highest BCUT2D eigenvalue weighted by atomic mass is 16.5. The molecule has 3 atom stereocenters. The zero-order chi connectivity index (χ0) is 15.0. The van der Waals surface area contributed by atoms with Gasteiger partial charge in [-0.2, -0.15) is 0 Å². The zero-order valence-corrected chi connectivity index (χ0v) is 12.4. The Hall–Kier alpha value is -1.18. The number of hydrogen-bond acceptors (Lipinski definition) is 5. The number of carbonyl (C=O) groups is 2. The molecule has 1 heterocycles. The smallest absolute Gasteiger partial charge is 0.242 e. The van der Waals surface area contributed by atoms with Gasteiger partial charge in [-0.05, 0) is 13.5 Å². The Balaban J connectivity index is 2.38. The van der Waals surface area contributed by atoms with Gasteiger partial charge in [-0.1, -0.05) is 6.92 Å². The number of nitrogens with one attached hydrogen (secondary N) is 3. The molecule has 3 N–H and O–H groups in total. The monoisotopic (exact) mass is 287 g/mol. The van der Waals surface area contributed by atoms with Crippen molar-refractivity contribution in [2.45, 2.75) is 25.9 Å². The lowest BCUT2D eigenvalue weighted by molar-refractivity contribution is -0.131. The Morgan fingerprint density at radius 2 is 2.15 bits per heavy atom. The molecule has 0 aromatic carbocycles. The van der Waals surface area contributed by atoms with Crippen molar-refractivity contribution in [1.82, 2.24) is 16.0 Å². The fourth-order valence-corrected chi connectivity index (χ4v) is 2.09. The normalized spacial score (nSPS) is 23.4. The van der Waals surface area contributed by atoms with Crippen LogP contribution in [-0.2, 0) is 19.1 Å². The van der Waals surface area contributed by atoms with Crippen LogP contribution in [0.3, 0.4) is 0 Å². The molecule has 1 saturated heterocycles. The van der Waals surface area contributed by atoms with Crippen LogP contribution < -0.4 is 16.0 Å². The number of carbonyl (C=O) groups excluding carboxylic acids is 2. The van der Waals surface area contributed by atoms with E-state index in [-0.39, 0.29) is 23.8 Å². The van der Waals surface area contributed by atoms with Crippen LogP contribution >= 0.6 is 0 Å². The van der Waals surface area contributed by atoms with Crippen molar-refractivity contribution in [3.05, 3.63) is 0 Å². The second-order valence-electron chi connectivity index (χ2n) is 4.82. The van der Waals surface area contributed by atoms with Crippen molar-refractivity contribution in [2.24, 2.45) is 5.92 Å². The molecule has 7 nitrogen and oxygen atoms in total. The van der Waals surface area contributed by atoms with Crippen molar-refractivity contribution < 1.29 is 19.1 Å². The first-order valence-electron chi connectivity index (χ1n) is 6.98. The van der Waals surface area contributed by atoms with Gasteiger partial charge in [0.2, 0.25) is 11.8 Å². The summed E-state index contributed by atoms with van der Waals surface area (Å²) in [5, 5.41) is 8.63. The third-order valence-electron chi connectivity index (χ3n) is 3.24. The number of amides is 2. The summed E-state index contributed by atoms with van der Waals surface area (Å²) in [5.41, 5.74) is 0. The van der Waals surface area contributed by atoms with Crippen molar-refractivity contribution >= 4 is 11.8 Å². The molecular weight excluding hydrogens is 262 g/mol. The van der Waals surface area contributed by atoms with Gasteiger partial charge in [0.1, 0.15) is 6.04 Å². The third kappa shape index (κ3) is 5.07. The molecule has 1 rings (SSSR count). The topological polar surface area (TPSA) is 88.7 Å². The molecule has 0 aromatic rings. The van der Waals surface area contributed by atoms with Crippen LogP contribution in [0.15, 0.2) is 0 Å². The minimum atomic E-state index is -0.567. The summed E-state index contributed by atoms with van der Waals surface area (Å²) < 4.78 is 10.2. The molecule has 2 amide bonds. The van der Waals surface area contributed by atoms with Gasteiger partial charge < -0.3 is 25.4 Å². The van der Waals surface area contributed by atoms with E-state index in [4.69, 9.17) is 9.47 Å². The molecule has 0 spiro atoms. The van der Waals surface area contributed by atoms with E-state index in [2.05, 4.69) is 16.0 Å².